The van der Waals surface area contributed by atoms with Crippen LogP contribution >= 0.6 is 11.3 Å². The third-order valence-corrected chi connectivity index (χ3v) is 10.7. The SMILES string of the molecule is c1ccc(-c2nc(-c3ccccc3)nc(-c3ccc(-c4cccc5c4sc4ccc6c(-c7ccccc7)nc7ccccc7c6c45)cc3)n2)cc1. The Morgan fingerprint density at radius 3 is 1.51 bits per heavy atom. The van der Waals surface area contributed by atoms with E-state index in [2.05, 4.69) is 109 Å². The summed E-state index contributed by atoms with van der Waals surface area (Å²) < 4.78 is 2.54. The third-order valence-electron chi connectivity index (χ3n) is 9.52. The third kappa shape index (κ3) is 5.06. The summed E-state index contributed by atoms with van der Waals surface area (Å²) in [6.45, 7) is 0. The highest BCUT2D eigenvalue weighted by Gasteiger charge is 2.18. The summed E-state index contributed by atoms with van der Waals surface area (Å²) in [7, 11) is 0. The Kier molecular flexibility index (Phi) is 6.96. The second-order valence-electron chi connectivity index (χ2n) is 12.6. The summed E-state index contributed by atoms with van der Waals surface area (Å²) in [5.74, 6) is 1.96. The molecular weight excluding hydrogens is 641 g/mol. The topological polar surface area (TPSA) is 51.6 Å². The summed E-state index contributed by atoms with van der Waals surface area (Å²) in [5.41, 5.74) is 8.36. The molecule has 3 heterocycles. The van der Waals surface area contributed by atoms with Gasteiger partial charge < -0.3 is 0 Å². The predicted octanol–water partition coefficient (Wildman–Crippen LogP) is 12.3. The first-order chi connectivity index (χ1) is 25.3. The van der Waals surface area contributed by atoms with E-state index in [1.807, 2.05) is 72.0 Å². The Labute approximate surface area is 298 Å². The zero-order chi connectivity index (χ0) is 33.7. The summed E-state index contributed by atoms with van der Waals surface area (Å²) in [6.07, 6.45) is 0. The van der Waals surface area contributed by atoms with Crippen molar-refractivity contribution in [2.75, 3.05) is 0 Å². The highest BCUT2D eigenvalue weighted by Crippen LogP contribution is 2.46. The number of nitrogens with zero attached hydrogens (tertiary/aromatic N) is 4. The number of rotatable bonds is 5. The molecule has 0 N–H and O–H groups in total. The lowest BCUT2D eigenvalue weighted by atomic mass is 9.95. The normalized spacial score (nSPS) is 11.5. The van der Waals surface area contributed by atoms with Crippen molar-refractivity contribution in [3.05, 3.63) is 170 Å². The van der Waals surface area contributed by atoms with Gasteiger partial charge in [0, 0.05) is 58.6 Å². The first-order valence-corrected chi connectivity index (χ1v) is 17.8. The molecule has 4 nitrogen and oxygen atoms in total. The molecule has 0 saturated heterocycles. The Morgan fingerprint density at radius 1 is 0.333 bits per heavy atom. The molecule has 5 heteroatoms. The first kappa shape index (κ1) is 29.4. The van der Waals surface area contributed by atoms with E-state index in [1.165, 1.54) is 41.9 Å². The van der Waals surface area contributed by atoms with Gasteiger partial charge >= 0.3 is 0 Å². The number of hydrogen-bond acceptors (Lipinski definition) is 5. The number of para-hydroxylation sites is 1. The van der Waals surface area contributed by atoms with Gasteiger partial charge in [0.25, 0.3) is 0 Å². The molecule has 0 radical (unpaired) electrons. The van der Waals surface area contributed by atoms with Gasteiger partial charge in [-0.1, -0.05) is 158 Å². The van der Waals surface area contributed by atoms with Gasteiger partial charge in [-0.15, -0.1) is 11.3 Å². The minimum Gasteiger partial charge on any atom is -0.247 e. The van der Waals surface area contributed by atoms with Crippen LogP contribution in [0.1, 0.15) is 0 Å². The number of hydrogen-bond donors (Lipinski definition) is 0. The van der Waals surface area contributed by atoms with Crippen molar-refractivity contribution in [1.82, 2.24) is 19.9 Å². The molecule has 0 aliphatic rings. The van der Waals surface area contributed by atoms with Crippen molar-refractivity contribution in [2.45, 2.75) is 0 Å². The van der Waals surface area contributed by atoms with Crippen molar-refractivity contribution in [3.63, 3.8) is 0 Å². The van der Waals surface area contributed by atoms with Crippen LogP contribution in [0.25, 0.3) is 98.4 Å². The van der Waals surface area contributed by atoms with Gasteiger partial charge in [-0.25, -0.2) is 19.9 Å². The average Bonchev–Trinajstić information content (AvgIpc) is 3.61. The number of thiophene rings is 1. The highest BCUT2D eigenvalue weighted by molar-refractivity contribution is 7.26. The lowest BCUT2D eigenvalue weighted by Gasteiger charge is -2.11. The maximum Gasteiger partial charge on any atom is 0.164 e. The monoisotopic (exact) mass is 668 g/mol. The van der Waals surface area contributed by atoms with Gasteiger partial charge in [-0.3, -0.25) is 0 Å². The van der Waals surface area contributed by atoms with Crippen molar-refractivity contribution < 1.29 is 0 Å². The van der Waals surface area contributed by atoms with E-state index >= 15 is 0 Å². The fourth-order valence-electron chi connectivity index (χ4n) is 7.11. The fraction of sp³-hybridized carbons (Fsp3) is 0. The van der Waals surface area contributed by atoms with Gasteiger partial charge in [-0.05, 0) is 23.3 Å². The molecule has 0 aliphatic carbocycles. The van der Waals surface area contributed by atoms with Crippen LogP contribution in [0.15, 0.2) is 170 Å². The van der Waals surface area contributed by atoms with E-state index in [0.717, 1.165) is 39.0 Å². The highest BCUT2D eigenvalue weighted by atomic mass is 32.1. The van der Waals surface area contributed by atoms with Crippen molar-refractivity contribution in [1.29, 1.82) is 0 Å². The van der Waals surface area contributed by atoms with Crippen LogP contribution in [-0.4, -0.2) is 19.9 Å². The molecule has 10 aromatic rings. The van der Waals surface area contributed by atoms with Crippen LogP contribution in [-0.2, 0) is 0 Å². The molecule has 0 saturated carbocycles. The molecule has 7 aromatic carbocycles. The van der Waals surface area contributed by atoms with Crippen molar-refractivity contribution in [3.8, 4) is 56.5 Å². The van der Waals surface area contributed by atoms with E-state index in [-0.39, 0.29) is 0 Å². The summed E-state index contributed by atoms with van der Waals surface area (Å²) >= 11 is 1.85. The van der Waals surface area contributed by atoms with Crippen LogP contribution < -0.4 is 0 Å². The molecule has 0 bridgehead atoms. The maximum absolute atomic E-state index is 5.18. The van der Waals surface area contributed by atoms with Gasteiger partial charge in [0.1, 0.15) is 0 Å². The molecule has 0 atom stereocenters. The Morgan fingerprint density at radius 2 is 0.863 bits per heavy atom. The second-order valence-corrected chi connectivity index (χ2v) is 13.7. The molecule has 238 valence electrons. The minimum absolute atomic E-state index is 0.649. The quantitative estimate of drug-likeness (QED) is 0.171. The zero-order valence-electron chi connectivity index (χ0n) is 27.4. The minimum atomic E-state index is 0.649. The number of benzene rings is 7. The van der Waals surface area contributed by atoms with Gasteiger partial charge in [-0.2, -0.15) is 0 Å². The maximum atomic E-state index is 5.18. The van der Waals surface area contributed by atoms with Crippen LogP contribution in [0.5, 0.6) is 0 Å². The molecule has 0 amide bonds. The lowest BCUT2D eigenvalue weighted by molar-refractivity contribution is 1.07. The fourth-order valence-corrected chi connectivity index (χ4v) is 8.36. The summed E-state index contributed by atoms with van der Waals surface area (Å²) in [5, 5.41) is 6.15. The van der Waals surface area contributed by atoms with Crippen molar-refractivity contribution in [2.24, 2.45) is 0 Å². The second kappa shape index (κ2) is 12.1. The van der Waals surface area contributed by atoms with E-state index < -0.39 is 0 Å². The Balaban J connectivity index is 1.12. The predicted molar refractivity (Wildman–Crippen MR) is 213 cm³/mol. The summed E-state index contributed by atoms with van der Waals surface area (Å²) in [6, 6.07) is 59.1. The van der Waals surface area contributed by atoms with Gasteiger partial charge in [0.2, 0.25) is 0 Å². The lowest BCUT2D eigenvalue weighted by Crippen LogP contribution is -2.00. The van der Waals surface area contributed by atoms with Gasteiger partial charge in [0.15, 0.2) is 17.5 Å². The number of fused-ring (bicyclic) bond motifs is 7. The molecule has 3 aromatic heterocycles. The smallest absolute Gasteiger partial charge is 0.164 e. The molecule has 51 heavy (non-hydrogen) atoms. The van der Waals surface area contributed by atoms with Crippen LogP contribution in [0, 0.1) is 0 Å². The molecule has 0 spiro atoms. The van der Waals surface area contributed by atoms with Crippen LogP contribution in [0.3, 0.4) is 0 Å². The Bertz CT molecular complexity index is 2830. The molecule has 0 fully saturated rings. The number of aromatic nitrogens is 4. The van der Waals surface area contributed by atoms with Crippen LogP contribution in [0.2, 0.25) is 0 Å². The van der Waals surface area contributed by atoms with E-state index in [1.54, 1.807) is 0 Å². The molecule has 0 aliphatic heterocycles. The van der Waals surface area contributed by atoms with Gasteiger partial charge in [0.05, 0.1) is 11.2 Å². The van der Waals surface area contributed by atoms with E-state index in [0.29, 0.717) is 17.5 Å². The number of pyridine rings is 1. The molecule has 0 unspecified atom stereocenters. The zero-order valence-corrected chi connectivity index (χ0v) is 28.2. The van der Waals surface area contributed by atoms with E-state index in [9.17, 15) is 0 Å². The average molecular weight is 669 g/mol. The standard InChI is InChI=1S/C46H28N4S/c1-4-13-30(14-5-1)42-36-27-28-39-41(40(36)35-19-10-11-22-38(35)47-42)37-21-12-20-34(43(37)51-39)29-23-25-33(26-24-29)46-49-44(31-15-6-2-7-16-31)48-45(50-46)32-17-8-3-9-18-32/h1-28H. The summed E-state index contributed by atoms with van der Waals surface area (Å²) in [4.78, 5) is 19.9. The van der Waals surface area contributed by atoms with E-state index in [4.69, 9.17) is 19.9 Å². The molecular formula is C46H28N4S. The first-order valence-electron chi connectivity index (χ1n) is 17.0. The molecule has 10 rings (SSSR count). The van der Waals surface area contributed by atoms with Crippen LogP contribution in [0.4, 0.5) is 0 Å². The Hall–Kier alpha value is -6.56. The largest absolute Gasteiger partial charge is 0.247 e. The van der Waals surface area contributed by atoms with Crippen molar-refractivity contribution >= 4 is 53.2 Å².